The van der Waals surface area contributed by atoms with Gasteiger partial charge in [-0.3, -0.25) is 0 Å². The van der Waals surface area contributed by atoms with Crippen LogP contribution in [0, 0.1) is 6.92 Å². The van der Waals surface area contributed by atoms with Gasteiger partial charge < -0.3 is 15.3 Å². The number of β-amino-alcohol motifs (C(OH)–C–C–N with tert-alkyl or cyclic N) is 1. The second-order valence-corrected chi connectivity index (χ2v) is 8.60. The van der Waals surface area contributed by atoms with E-state index in [1.807, 2.05) is 18.4 Å². The lowest BCUT2D eigenvalue weighted by molar-refractivity contribution is -0.0361. The van der Waals surface area contributed by atoms with E-state index >= 15 is 0 Å². The number of hydrogen-bond acceptors (Lipinski definition) is 7. The summed E-state index contributed by atoms with van der Waals surface area (Å²) in [4.78, 5) is 15.8. The average molecular weight is 410 g/mol. The monoisotopic (exact) mass is 409 g/mol. The Bertz CT molecular complexity index is 820. The van der Waals surface area contributed by atoms with E-state index in [0.29, 0.717) is 31.0 Å². The summed E-state index contributed by atoms with van der Waals surface area (Å²) >= 11 is 1.48. The fourth-order valence-electron chi connectivity index (χ4n) is 3.78. The number of piperidine rings is 1. The largest absolute Gasteiger partial charge is 0.391 e. The van der Waals surface area contributed by atoms with Crippen molar-refractivity contribution in [1.29, 1.82) is 0 Å². The van der Waals surface area contributed by atoms with Crippen molar-refractivity contribution in [1.82, 2.24) is 15.0 Å². The topological polar surface area (TPSA) is 74.2 Å². The van der Waals surface area contributed by atoms with Crippen molar-refractivity contribution in [3.05, 3.63) is 17.1 Å². The van der Waals surface area contributed by atoms with Crippen LogP contribution < -0.4 is 10.2 Å². The molecule has 0 aromatic carbocycles. The van der Waals surface area contributed by atoms with Gasteiger partial charge in [-0.1, -0.05) is 0 Å². The Labute approximate surface area is 167 Å². The summed E-state index contributed by atoms with van der Waals surface area (Å²) in [6, 6.07) is 1.83. The third kappa shape index (κ3) is 4.57. The quantitative estimate of drug-likeness (QED) is 0.799. The van der Waals surface area contributed by atoms with Crippen LogP contribution in [-0.4, -0.2) is 51.2 Å². The molecule has 28 heavy (non-hydrogen) atoms. The fraction of sp³-hybridized carbons (Fsp3) is 0.632. The third-order valence-electron chi connectivity index (χ3n) is 5.31. The number of thiazole rings is 1. The molecule has 2 N–H and O–H groups in total. The molecule has 6 nitrogen and oxygen atoms in total. The zero-order valence-electron chi connectivity index (χ0n) is 15.9. The van der Waals surface area contributed by atoms with Gasteiger partial charge in [0.05, 0.1) is 6.10 Å². The lowest BCUT2D eigenvalue weighted by atomic mass is 9.92. The first kappa shape index (κ1) is 19.4. The highest BCUT2D eigenvalue weighted by atomic mass is 32.1. The predicted molar refractivity (Wildman–Crippen MR) is 106 cm³/mol. The Hall–Kier alpha value is -1.87. The van der Waals surface area contributed by atoms with E-state index in [4.69, 9.17) is 0 Å². The SMILES string of the molecule is Cc1csc(-c2nc(NC3CCC(F)(F)CC3)cc(N3CCCC(O)C3)n2)n1. The molecule has 2 aromatic heterocycles. The smallest absolute Gasteiger partial charge is 0.248 e. The van der Waals surface area contributed by atoms with E-state index in [1.54, 1.807) is 0 Å². The molecule has 0 bridgehead atoms. The van der Waals surface area contributed by atoms with Gasteiger partial charge in [-0.15, -0.1) is 11.3 Å². The molecule has 0 radical (unpaired) electrons. The molecule has 0 amide bonds. The van der Waals surface area contributed by atoms with E-state index in [9.17, 15) is 13.9 Å². The Morgan fingerprint density at radius 2 is 2.00 bits per heavy atom. The summed E-state index contributed by atoms with van der Waals surface area (Å²) in [5.74, 6) is -0.662. The molecule has 3 heterocycles. The van der Waals surface area contributed by atoms with Gasteiger partial charge in [0.15, 0.2) is 10.8 Å². The lowest BCUT2D eigenvalue weighted by Gasteiger charge is -2.32. The number of nitrogens with zero attached hydrogens (tertiary/aromatic N) is 4. The van der Waals surface area contributed by atoms with Crippen molar-refractivity contribution in [2.75, 3.05) is 23.3 Å². The van der Waals surface area contributed by atoms with Crippen LogP contribution in [0.1, 0.15) is 44.2 Å². The van der Waals surface area contributed by atoms with Crippen molar-refractivity contribution < 1.29 is 13.9 Å². The lowest BCUT2D eigenvalue weighted by Crippen LogP contribution is -2.39. The third-order valence-corrected chi connectivity index (χ3v) is 6.27. The maximum absolute atomic E-state index is 13.5. The van der Waals surface area contributed by atoms with Crippen molar-refractivity contribution >= 4 is 23.0 Å². The molecular weight excluding hydrogens is 384 g/mol. The van der Waals surface area contributed by atoms with Crippen molar-refractivity contribution in [3.63, 3.8) is 0 Å². The van der Waals surface area contributed by atoms with Gasteiger partial charge in [0.25, 0.3) is 0 Å². The van der Waals surface area contributed by atoms with Crippen molar-refractivity contribution in [2.24, 2.45) is 0 Å². The molecule has 1 aliphatic heterocycles. The summed E-state index contributed by atoms with van der Waals surface area (Å²) < 4.78 is 26.9. The van der Waals surface area contributed by atoms with Crippen LogP contribution in [0.5, 0.6) is 0 Å². The minimum absolute atomic E-state index is 0.0276. The van der Waals surface area contributed by atoms with Crippen molar-refractivity contribution in [3.8, 4) is 10.8 Å². The summed E-state index contributed by atoms with van der Waals surface area (Å²) in [5.41, 5.74) is 0.909. The van der Waals surface area contributed by atoms with E-state index in [2.05, 4.69) is 25.2 Å². The van der Waals surface area contributed by atoms with Gasteiger partial charge in [-0.25, -0.2) is 23.7 Å². The Kier molecular flexibility index (Phi) is 5.46. The van der Waals surface area contributed by atoms with Crippen LogP contribution in [0.3, 0.4) is 0 Å². The van der Waals surface area contributed by atoms with E-state index in [1.165, 1.54) is 11.3 Å². The summed E-state index contributed by atoms with van der Waals surface area (Å²) in [6.45, 7) is 3.27. The number of aromatic nitrogens is 3. The number of anilines is 2. The first-order valence-electron chi connectivity index (χ1n) is 9.77. The molecule has 1 atom stereocenters. The molecule has 9 heteroatoms. The van der Waals surface area contributed by atoms with Crippen LogP contribution in [0.4, 0.5) is 20.4 Å². The van der Waals surface area contributed by atoms with Crippen LogP contribution in [-0.2, 0) is 0 Å². The average Bonchev–Trinajstić information content (AvgIpc) is 3.10. The molecule has 4 rings (SSSR count). The number of halogens is 2. The Morgan fingerprint density at radius 1 is 1.21 bits per heavy atom. The number of hydrogen-bond donors (Lipinski definition) is 2. The predicted octanol–water partition coefficient (Wildman–Crippen LogP) is 3.86. The highest BCUT2D eigenvalue weighted by Gasteiger charge is 2.35. The Morgan fingerprint density at radius 3 is 2.68 bits per heavy atom. The molecule has 0 spiro atoms. The molecule has 1 unspecified atom stereocenters. The molecule has 1 aliphatic carbocycles. The van der Waals surface area contributed by atoms with Gasteiger partial charge in [0, 0.05) is 49.1 Å². The summed E-state index contributed by atoms with van der Waals surface area (Å²) in [6.07, 6.45) is 1.96. The minimum Gasteiger partial charge on any atom is -0.391 e. The summed E-state index contributed by atoms with van der Waals surface area (Å²) in [7, 11) is 0. The standard InChI is InChI=1S/C19H25F2N5OS/c1-12-11-28-18(22-12)17-24-15(23-13-4-6-19(20,21)7-5-13)9-16(25-17)26-8-2-3-14(27)10-26/h9,11,13-14,27H,2-8,10H2,1H3,(H,23,24,25). The number of aliphatic hydroxyl groups is 1. The zero-order valence-corrected chi connectivity index (χ0v) is 16.7. The number of alkyl halides is 2. The molecule has 152 valence electrons. The van der Waals surface area contributed by atoms with E-state index < -0.39 is 5.92 Å². The molecule has 2 fully saturated rings. The fourth-order valence-corrected chi connectivity index (χ4v) is 4.51. The maximum Gasteiger partial charge on any atom is 0.248 e. The Balaban J connectivity index is 1.60. The molecule has 2 aromatic rings. The second kappa shape index (κ2) is 7.87. The van der Waals surface area contributed by atoms with E-state index in [-0.39, 0.29) is 25.0 Å². The van der Waals surface area contributed by atoms with Gasteiger partial charge in [0.2, 0.25) is 5.92 Å². The van der Waals surface area contributed by atoms with Crippen LogP contribution in [0.15, 0.2) is 11.4 Å². The minimum atomic E-state index is -2.55. The first-order chi connectivity index (χ1) is 13.4. The van der Waals surface area contributed by atoms with Gasteiger partial charge in [-0.05, 0) is 32.6 Å². The maximum atomic E-state index is 13.5. The van der Waals surface area contributed by atoms with Gasteiger partial charge in [0.1, 0.15) is 11.6 Å². The number of aryl methyl sites for hydroxylation is 1. The molecule has 1 saturated heterocycles. The molecule has 2 aliphatic rings. The number of rotatable bonds is 4. The van der Waals surface area contributed by atoms with Gasteiger partial charge >= 0.3 is 0 Å². The van der Waals surface area contributed by atoms with E-state index in [0.717, 1.165) is 35.9 Å². The molecule has 1 saturated carbocycles. The second-order valence-electron chi connectivity index (χ2n) is 7.75. The van der Waals surface area contributed by atoms with Gasteiger partial charge in [-0.2, -0.15) is 0 Å². The van der Waals surface area contributed by atoms with Crippen LogP contribution in [0.2, 0.25) is 0 Å². The first-order valence-corrected chi connectivity index (χ1v) is 10.6. The summed E-state index contributed by atoms with van der Waals surface area (Å²) in [5, 5.41) is 16.0. The van der Waals surface area contributed by atoms with Crippen LogP contribution >= 0.6 is 11.3 Å². The zero-order chi connectivity index (χ0) is 19.7. The molecular formula is C19H25F2N5OS. The van der Waals surface area contributed by atoms with Crippen molar-refractivity contribution in [2.45, 2.75) is 63.5 Å². The number of nitrogens with one attached hydrogen (secondary N) is 1. The normalized spacial score (nSPS) is 23.0. The highest BCUT2D eigenvalue weighted by molar-refractivity contribution is 7.13. The number of aliphatic hydroxyl groups excluding tert-OH is 1. The van der Waals surface area contributed by atoms with Crippen LogP contribution in [0.25, 0.3) is 10.8 Å². The highest BCUT2D eigenvalue weighted by Crippen LogP contribution is 2.35.